The van der Waals surface area contributed by atoms with Gasteiger partial charge in [0.1, 0.15) is 0 Å². The standard InChI is InChI=1S/C18H31N3/c1-5-19-17(12-16-8-6-15(2)7-9-16)13-18-14-20(3)10-11-21(18)4/h6-9,17-19H,5,10-14H2,1-4H3. The van der Waals surface area contributed by atoms with E-state index in [0.717, 1.165) is 13.0 Å². The molecular formula is C18H31N3. The Labute approximate surface area is 130 Å². The van der Waals surface area contributed by atoms with Gasteiger partial charge in [0, 0.05) is 31.7 Å². The van der Waals surface area contributed by atoms with Gasteiger partial charge in [0.2, 0.25) is 0 Å². The van der Waals surface area contributed by atoms with Gasteiger partial charge >= 0.3 is 0 Å². The van der Waals surface area contributed by atoms with Crippen LogP contribution in [0, 0.1) is 6.92 Å². The molecule has 1 aliphatic rings. The molecule has 1 aliphatic heterocycles. The molecule has 1 aromatic carbocycles. The average molecular weight is 289 g/mol. The fourth-order valence-corrected chi connectivity index (χ4v) is 3.22. The smallest absolute Gasteiger partial charge is 0.0235 e. The molecule has 1 aromatic rings. The lowest BCUT2D eigenvalue weighted by Gasteiger charge is -2.39. The first-order valence-electron chi connectivity index (χ1n) is 8.26. The van der Waals surface area contributed by atoms with Gasteiger partial charge in [-0.3, -0.25) is 0 Å². The van der Waals surface area contributed by atoms with E-state index < -0.39 is 0 Å². The van der Waals surface area contributed by atoms with E-state index in [4.69, 9.17) is 0 Å². The Morgan fingerprint density at radius 1 is 1.19 bits per heavy atom. The minimum absolute atomic E-state index is 0.566. The van der Waals surface area contributed by atoms with Crippen molar-refractivity contribution in [3.05, 3.63) is 35.4 Å². The Morgan fingerprint density at radius 3 is 2.57 bits per heavy atom. The Hall–Kier alpha value is -0.900. The lowest BCUT2D eigenvalue weighted by Crippen LogP contribution is -2.52. The number of nitrogens with zero attached hydrogens (tertiary/aromatic N) is 2. The van der Waals surface area contributed by atoms with E-state index in [1.165, 1.54) is 37.2 Å². The third-order valence-corrected chi connectivity index (χ3v) is 4.63. The number of benzene rings is 1. The largest absolute Gasteiger partial charge is 0.314 e. The molecule has 0 amide bonds. The molecule has 2 unspecified atom stereocenters. The molecule has 1 heterocycles. The number of aryl methyl sites for hydroxylation is 1. The molecule has 118 valence electrons. The molecule has 1 N–H and O–H groups in total. The second-order valence-corrected chi connectivity index (χ2v) is 6.58. The second kappa shape index (κ2) is 7.92. The molecule has 1 saturated heterocycles. The summed E-state index contributed by atoms with van der Waals surface area (Å²) >= 11 is 0. The number of hydrogen-bond acceptors (Lipinski definition) is 3. The van der Waals surface area contributed by atoms with Gasteiger partial charge in [0.25, 0.3) is 0 Å². The van der Waals surface area contributed by atoms with Gasteiger partial charge < -0.3 is 15.1 Å². The Morgan fingerprint density at radius 2 is 1.90 bits per heavy atom. The van der Waals surface area contributed by atoms with Crippen LogP contribution in [0.5, 0.6) is 0 Å². The van der Waals surface area contributed by atoms with E-state index in [1.54, 1.807) is 0 Å². The molecule has 3 heteroatoms. The van der Waals surface area contributed by atoms with Crippen molar-refractivity contribution in [2.45, 2.75) is 38.8 Å². The van der Waals surface area contributed by atoms with Crippen molar-refractivity contribution in [2.24, 2.45) is 0 Å². The molecule has 3 nitrogen and oxygen atoms in total. The summed E-state index contributed by atoms with van der Waals surface area (Å²) in [5.74, 6) is 0. The summed E-state index contributed by atoms with van der Waals surface area (Å²) in [4.78, 5) is 4.99. The van der Waals surface area contributed by atoms with Crippen LogP contribution in [0.3, 0.4) is 0 Å². The van der Waals surface area contributed by atoms with Crippen LogP contribution in [0.25, 0.3) is 0 Å². The molecule has 1 fully saturated rings. The molecular weight excluding hydrogens is 258 g/mol. The minimum Gasteiger partial charge on any atom is -0.314 e. The van der Waals surface area contributed by atoms with Crippen LogP contribution >= 0.6 is 0 Å². The highest BCUT2D eigenvalue weighted by atomic mass is 15.3. The predicted molar refractivity (Wildman–Crippen MR) is 90.9 cm³/mol. The Kier molecular flexibility index (Phi) is 6.22. The first kappa shape index (κ1) is 16.5. The molecule has 2 rings (SSSR count). The predicted octanol–water partition coefficient (Wildman–Crippen LogP) is 2.15. The highest BCUT2D eigenvalue weighted by molar-refractivity contribution is 5.22. The molecule has 2 atom stereocenters. The van der Waals surface area contributed by atoms with Gasteiger partial charge in [-0.05, 0) is 46.0 Å². The van der Waals surface area contributed by atoms with Crippen molar-refractivity contribution >= 4 is 0 Å². The Balaban J connectivity index is 1.96. The van der Waals surface area contributed by atoms with Crippen molar-refractivity contribution in [1.82, 2.24) is 15.1 Å². The zero-order valence-corrected chi connectivity index (χ0v) is 14.1. The number of rotatable bonds is 6. The summed E-state index contributed by atoms with van der Waals surface area (Å²) < 4.78 is 0. The number of nitrogens with one attached hydrogen (secondary N) is 1. The van der Waals surface area contributed by atoms with E-state index in [1.807, 2.05) is 0 Å². The average Bonchev–Trinajstić information content (AvgIpc) is 2.45. The van der Waals surface area contributed by atoms with Crippen LogP contribution in [0.1, 0.15) is 24.5 Å². The van der Waals surface area contributed by atoms with Gasteiger partial charge in [-0.15, -0.1) is 0 Å². The van der Waals surface area contributed by atoms with E-state index >= 15 is 0 Å². The van der Waals surface area contributed by atoms with Crippen LogP contribution in [0.15, 0.2) is 24.3 Å². The topological polar surface area (TPSA) is 18.5 Å². The van der Waals surface area contributed by atoms with E-state index in [9.17, 15) is 0 Å². The number of hydrogen-bond donors (Lipinski definition) is 1. The minimum atomic E-state index is 0.566. The monoisotopic (exact) mass is 289 g/mol. The fraction of sp³-hybridized carbons (Fsp3) is 0.667. The summed E-state index contributed by atoms with van der Waals surface area (Å²) in [6.07, 6.45) is 2.35. The number of piperazine rings is 1. The van der Waals surface area contributed by atoms with Crippen molar-refractivity contribution < 1.29 is 0 Å². The molecule has 0 bridgehead atoms. The normalized spacial score (nSPS) is 22.4. The van der Waals surface area contributed by atoms with Gasteiger partial charge in [-0.1, -0.05) is 36.8 Å². The van der Waals surface area contributed by atoms with Gasteiger partial charge in [-0.2, -0.15) is 0 Å². The highest BCUT2D eigenvalue weighted by Crippen LogP contribution is 2.15. The van der Waals surface area contributed by atoms with Crippen molar-refractivity contribution in [3.63, 3.8) is 0 Å². The Bertz CT molecular complexity index is 415. The van der Waals surface area contributed by atoms with Crippen LogP contribution < -0.4 is 5.32 Å². The zero-order chi connectivity index (χ0) is 15.2. The summed E-state index contributed by atoms with van der Waals surface area (Å²) in [5, 5.41) is 3.68. The lowest BCUT2D eigenvalue weighted by atomic mass is 9.97. The van der Waals surface area contributed by atoms with Crippen molar-refractivity contribution in [1.29, 1.82) is 0 Å². The molecule has 21 heavy (non-hydrogen) atoms. The highest BCUT2D eigenvalue weighted by Gasteiger charge is 2.25. The second-order valence-electron chi connectivity index (χ2n) is 6.58. The molecule has 0 aromatic heterocycles. The van der Waals surface area contributed by atoms with E-state index in [-0.39, 0.29) is 0 Å². The third kappa shape index (κ3) is 5.10. The maximum Gasteiger partial charge on any atom is 0.0235 e. The summed E-state index contributed by atoms with van der Waals surface area (Å²) in [7, 11) is 4.51. The molecule has 0 saturated carbocycles. The summed E-state index contributed by atoms with van der Waals surface area (Å²) in [6.45, 7) is 8.97. The van der Waals surface area contributed by atoms with Crippen LogP contribution in [-0.2, 0) is 6.42 Å². The molecule has 0 radical (unpaired) electrons. The van der Waals surface area contributed by atoms with Crippen LogP contribution in [0.4, 0.5) is 0 Å². The van der Waals surface area contributed by atoms with Gasteiger partial charge in [-0.25, -0.2) is 0 Å². The number of likely N-dealkylation sites (N-methyl/N-ethyl adjacent to an activating group) is 3. The van der Waals surface area contributed by atoms with Crippen molar-refractivity contribution in [3.8, 4) is 0 Å². The van der Waals surface area contributed by atoms with Gasteiger partial charge in [0.15, 0.2) is 0 Å². The van der Waals surface area contributed by atoms with Gasteiger partial charge in [0.05, 0.1) is 0 Å². The zero-order valence-electron chi connectivity index (χ0n) is 14.1. The summed E-state index contributed by atoms with van der Waals surface area (Å²) in [6, 6.07) is 10.2. The lowest BCUT2D eigenvalue weighted by molar-refractivity contribution is 0.101. The SMILES string of the molecule is CCNC(Cc1ccc(C)cc1)CC1CN(C)CCN1C. The van der Waals surface area contributed by atoms with Crippen LogP contribution in [-0.4, -0.2) is 62.2 Å². The van der Waals surface area contributed by atoms with Crippen LogP contribution in [0.2, 0.25) is 0 Å². The maximum absolute atomic E-state index is 3.68. The fourth-order valence-electron chi connectivity index (χ4n) is 3.22. The maximum atomic E-state index is 3.68. The molecule has 0 spiro atoms. The first-order chi connectivity index (χ1) is 10.1. The quantitative estimate of drug-likeness (QED) is 0.866. The van der Waals surface area contributed by atoms with E-state index in [0.29, 0.717) is 12.1 Å². The van der Waals surface area contributed by atoms with E-state index in [2.05, 4.69) is 67.3 Å². The first-order valence-corrected chi connectivity index (χ1v) is 8.26. The third-order valence-electron chi connectivity index (χ3n) is 4.63. The molecule has 0 aliphatic carbocycles. The van der Waals surface area contributed by atoms with Crippen molar-refractivity contribution in [2.75, 3.05) is 40.3 Å². The summed E-state index contributed by atoms with van der Waals surface area (Å²) in [5.41, 5.74) is 2.78.